The van der Waals surface area contributed by atoms with Gasteiger partial charge in [0.05, 0.1) is 32.3 Å². The molecule has 0 aromatic carbocycles. The van der Waals surface area contributed by atoms with Gasteiger partial charge in [-0.2, -0.15) is 0 Å². The summed E-state index contributed by atoms with van der Waals surface area (Å²) in [6, 6.07) is 0. The van der Waals surface area contributed by atoms with Crippen LogP contribution in [0.2, 0.25) is 78.6 Å². The van der Waals surface area contributed by atoms with Gasteiger partial charge in [-0.15, -0.1) is 11.5 Å². The Hall–Kier alpha value is -0.0925. The zero-order valence-corrected chi connectivity index (χ0v) is 26.7. The van der Waals surface area contributed by atoms with E-state index in [4.69, 9.17) is 0 Å². The van der Waals surface area contributed by atoms with Gasteiger partial charge in [0.2, 0.25) is 0 Å². The van der Waals surface area contributed by atoms with Crippen LogP contribution in [0, 0.1) is 0 Å². The molecule has 0 heterocycles. The summed E-state index contributed by atoms with van der Waals surface area (Å²) < 4.78 is 0. The van der Waals surface area contributed by atoms with Gasteiger partial charge in [0.15, 0.2) is 0 Å². The average Bonchev–Trinajstić information content (AvgIpc) is 2.51. The molecule has 0 aromatic rings. The summed E-state index contributed by atoms with van der Waals surface area (Å²) in [6.45, 7) is 30.3. The Bertz CT molecular complexity index is 595. The third-order valence-electron chi connectivity index (χ3n) is 6.43. The largest absolute Gasteiger partial charge is 0.132 e. The average molecular weight is 477 g/mol. The fraction of sp³-hybridized carbons (Fsp3) is 0.769. The van der Waals surface area contributed by atoms with Crippen LogP contribution in [0.25, 0.3) is 0 Å². The van der Waals surface area contributed by atoms with E-state index < -0.39 is 32.3 Å². The van der Waals surface area contributed by atoms with E-state index in [9.17, 15) is 0 Å². The van der Waals surface area contributed by atoms with Gasteiger partial charge in [0.1, 0.15) is 0 Å². The minimum absolute atomic E-state index is 1.27. The molecule has 1 aliphatic carbocycles. The second kappa shape index (κ2) is 10.7. The fourth-order valence-electron chi connectivity index (χ4n) is 4.07. The van der Waals surface area contributed by atoms with E-state index in [0.717, 1.165) is 0 Å². The Morgan fingerprint density at radius 3 is 0.667 bits per heavy atom. The van der Waals surface area contributed by atoms with Crippen LogP contribution in [0.5, 0.6) is 0 Å². The minimum atomic E-state index is -1.32. The van der Waals surface area contributed by atoms with Gasteiger partial charge in [-0.25, -0.2) is 0 Å². The summed E-state index contributed by atoms with van der Waals surface area (Å²) in [7, 11) is -5.27. The number of rotatable bonds is 4. The summed E-state index contributed by atoms with van der Waals surface area (Å²) in [5, 5.41) is 6.81. The van der Waals surface area contributed by atoms with Crippen LogP contribution in [0.3, 0.4) is 0 Å². The summed E-state index contributed by atoms with van der Waals surface area (Å²) in [4.78, 5) is 0. The van der Waals surface area contributed by atoms with E-state index in [1.165, 1.54) is 51.4 Å². The molecule has 0 unspecified atom stereocenters. The maximum absolute atomic E-state index is 4.12. The van der Waals surface area contributed by atoms with Crippen LogP contribution in [-0.4, -0.2) is 32.3 Å². The van der Waals surface area contributed by atoms with Gasteiger partial charge < -0.3 is 0 Å². The Morgan fingerprint density at radius 1 is 0.367 bits per heavy atom. The van der Waals surface area contributed by atoms with Crippen molar-refractivity contribution in [3.05, 3.63) is 32.2 Å². The first-order valence-corrected chi connectivity index (χ1v) is 26.4. The maximum Gasteiger partial charge on any atom is 0.0823 e. The molecular weight excluding hydrogens is 425 g/mol. The van der Waals surface area contributed by atoms with E-state index >= 15 is 0 Å². The normalized spacial score (nSPS) is 19.3. The molecule has 1 rings (SSSR count). The lowest BCUT2D eigenvalue weighted by Gasteiger charge is -2.26. The second-order valence-electron chi connectivity index (χ2n) is 13.6. The molecule has 0 amide bonds. The van der Waals surface area contributed by atoms with Gasteiger partial charge in [-0.05, 0) is 72.2 Å². The molecule has 0 N–H and O–H groups in total. The molecule has 0 radical (unpaired) electrons. The van der Waals surface area contributed by atoms with Crippen molar-refractivity contribution >= 4 is 32.3 Å². The lowest BCUT2D eigenvalue weighted by Crippen LogP contribution is -2.28. The van der Waals surface area contributed by atoms with Crippen molar-refractivity contribution in [2.24, 2.45) is 0 Å². The summed E-state index contributed by atoms with van der Waals surface area (Å²) >= 11 is 0. The van der Waals surface area contributed by atoms with Crippen molar-refractivity contribution in [1.82, 2.24) is 0 Å². The Kier molecular flexibility index (Phi) is 9.95. The number of hydrogen-bond acceptors (Lipinski definition) is 0. The van der Waals surface area contributed by atoms with E-state index in [1.54, 1.807) is 20.8 Å². The SMILES string of the molecule is C[Si](C)(C)C1=C=C([Si](C)(C)C)CCCCC([Si](C)(C)C)=C=C([Si](C)(C)C)CCCC1. The minimum Gasteiger partial charge on any atom is -0.132 e. The molecule has 0 nitrogen and oxygen atoms in total. The van der Waals surface area contributed by atoms with E-state index in [0.29, 0.717) is 0 Å². The zero-order valence-electron chi connectivity index (χ0n) is 22.7. The molecule has 0 bridgehead atoms. The fourth-order valence-corrected chi connectivity index (χ4v) is 10.1. The molecule has 1 aliphatic rings. The van der Waals surface area contributed by atoms with Crippen LogP contribution in [0.15, 0.2) is 32.2 Å². The molecule has 4 heteroatoms. The Balaban J connectivity index is 3.42. The molecule has 0 aromatic heterocycles. The third kappa shape index (κ3) is 9.59. The van der Waals surface area contributed by atoms with Crippen molar-refractivity contribution in [2.45, 2.75) is 130 Å². The standard InChI is InChI=1S/C26H52Si4/c1-27(2,3)23-17-13-14-19-25(29(7,8)9)22-26(30(10,11)12)20-16-15-18-24(21-23)28(4,5)6/h13-20H2,1-12H3. The predicted molar refractivity (Wildman–Crippen MR) is 151 cm³/mol. The van der Waals surface area contributed by atoms with Gasteiger partial charge in [-0.1, -0.05) is 78.6 Å². The van der Waals surface area contributed by atoms with Crippen molar-refractivity contribution in [3.8, 4) is 0 Å². The Labute approximate surface area is 194 Å². The highest BCUT2D eigenvalue weighted by Gasteiger charge is 2.26. The highest BCUT2D eigenvalue weighted by molar-refractivity contribution is 6.85. The smallest absolute Gasteiger partial charge is 0.0823 e. The summed E-state index contributed by atoms with van der Waals surface area (Å²) in [6.07, 6.45) is 10.4. The molecule has 0 aliphatic heterocycles. The van der Waals surface area contributed by atoms with Crippen LogP contribution < -0.4 is 0 Å². The van der Waals surface area contributed by atoms with Crippen LogP contribution in [0.1, 0.15) is 51.4 Å². The van der Waals surface area contributed by atoms with Crippen molar-refractivity contribution in [1.29, 1.82) is 0 Å². The third-order valence-corrected chi connectivity index (χ3v) is 15.2. The van der Waals surface area contributed by atoms with Crippen LogP contribution >= 0.6 is 0 Å². The monoisotopic (exact) mass is 476 g/mol. The molecule has 30 heavy (non-hydrogen) atoms. The van der Waals surface area contributed by atoms with Gasteiger partial charge in [-0.3, -0.25) is 0 Å². The van der Waals surface area contributed by atoms with Crippen molar-refractivity contribution in [2.75, 3.05) is 0 Å². The molecule has 0 atom stereocenters. The molecule has 0 saturated carbocycles. The number of hydrogen-bond donors (Lipinski definition) is 0. The lowest BCUT2D eigenvalue weighted by atomic mass is 10.1. The first-order chi connectivity index (χ1) is 13.4. The molecule has 0 spiro atoms. The molecule has 0 fully saturated rings. The summed E-state index contributed by atoms with van der Waals surface area (Å²) in [5.41, 5.74) is 8.23. The summed E-state index contributed by atoms with van der Waals surface area (Å²) in [5.74, 6) is 0. The van der Waals surface area contributed by atoms with Gasteiger partial charge in [0, 0.05) is 0 Å². The van der Waals surface area contributed by atoms with Crippen LogP contribution in [0.4, 0.5) is 0 Å². The quantitative estimate of drug-likeness (QED) is 0.280. The van der Waals surface area contributed by atoms with E-state index in [2.05, 4.69) is 90.0 Å². The predicted octanol–water partition coefficient (Wildman–Crippen LogP) is 9.53. The molecule has 0 saturated heterocycles. The van der Waals surface area contributed by atoms with Crippen molar-refractivity contribution in [3.63, 3.8) is 0 Å². The topological polar surface area (TPSA) is 0 Å². The lowest BCUT2D eigenvalue weighted by molar-refractivity contribution is 0.735. The first kappa shape index (κ1) is 27.9. The van der Waals surface area contributed by atoms with Gasteiger partial charge in [0.25, 0.3) is 0 Å². The zero-order chi connectivity index (χ0) is 23.4. The Morgan fingerprint density at radius 2 is 0.533 bits per heavy atom. The van der Waals surface area contributed by atoms with Crippen LogP contribution in [-0.2, 0) is 0 Å². The highest BCUT2D eigenvalue weighted by atomic mass is 28.3. The maximum atomic E-state index is 4.12. The van der Waals surface area contributed by atoms with E-state index in [1.807, 2.05) is 0 Å². The highest BCUT2D eigenvalue weighted by Crippen LogP contribution is 2.30. The number of allylic oxidation sites excluding steroid dienone is 2. The van der Waals surface area contributed by atoms with Gasteiger partial charge >= 0.3 is 0 Å². The molecular formula is C26H52Si4. The van der Waals surface area contributed by atoms with E-state index in [-0.39, 0.29) is 0 Å². The first-order valence-electron chi connectivity index (χ1n) is 12.4. The molecule has 172 valence electrons. The second-order valence-corrected chi connectivity index (χ2v) is 34.0. The van der Waals surface area contributed by atoms with Crippen molar-refractivity contribution < 1.29 is 0 Å².